The second-order valence-corrected chi connectivity index (χ2v) is 19.7. The molecule has 1 rings (SSSR count). The second-order valence-electron chi connectivity index (χ2n) is 17.1. The van der Waals surface area contributed by atoms with Crippen molar-refractivity contribution in [1.29, 1.82) is 0 Å². The lowest BCUT2D eigenvalue weighted by Gasteiger charge is -2.43. The van der Waals surface area contributed by atoms with E-state index in [1.165, 1.54) is 57.8 Å². The van der Waals surface area contributed by atoms with Crippen molar-refractivity contribution in [2.24, 2.45) is 0 Å². The maximum absolute atomic E-state index is 13.0. The first kappa shape index (κ1) is 62.9. The highest BCUT2D eigenvalue weighted by Crippen LogP contribution is 2.49. The summed E-state index contributed by atoms with van der Waals surface area (Å²) in [5, 5.41) is 62.0. The molecule has 0 heterocycles. The molecule has 18 nitrogen and oxygen atoms in total. The third-order valence-electron chi connectivity index (χ3n) is 11.1. The van der Waals surface area contributed by atoms with Crippen LogP contribution in [-0.4, -0.2) is 125 Å². The summed E-state index contributed by atoms with van der Waals surface area (Å²) in [4.78, 5) is 54.4. The van der Waals surface area contributed by atoms with Crippen LogP contribution in [0.15, 0.2) is 48.6 Å². The molecule has 1 aliphatic carbocycles. The standard InChI is InChI=1S/C47H84O18P2/c1-3-5-7-9-11-13-15-17-18-19-21-23-25-27-29-33-41(51)63-37(36-62-67(59,60)65-47-44(54)42(52)43(53)46(45(47)55)64-66(56,57)58)35-61-40(50)34-30-32-39(49)38(48)31-28-26-24-22-20-16-14-12-10-8-6-4-2/h6,8,12,14,20,22,26,28,37-39,42-49,52-55H,3-5,7,9-11,13,15-19,21,23-25,27,29-36H2,1-2H3,(H,59,60)(H2,56,57,58)/b8-6-,14-12-,22-20-,28-26-/t37-,38+,39+,42?,43?,44?,45?,46-,47+/m1/s1. The molecule has 20 heteroatoms. The number of allylic oxidation sites excluding steroid dienone is 7. The fourth-order valence-electron chi connectivity index (χ4n) is 7.23. The third-order valence-corrected chi connectivity index (χ3v) is 12.6. The lowest BCUT2D eigenvalue weighted by molar-refractivity contribution is -0.216. The van der Waals surface area contributed by atoms with E-state index in [0.717, 1.165) is 51.4 Å². The number of aliphatic hydroxyl groups is 6. The fourth-order valence-corrected chi connectivity index (χ4v) is 8.77. The monoisotopic (exact) mass is 999 g/mol. The maximum Gasteiger partial charge on any atom is 0.472 e. The van der Waals surface area contributed by atoms with Gasteiger partial charge in [-0.1, -0.05) is 152 Å². The SMILES string of the molecule is CC/C=C\C/C=C\C/C=C\C/C=C\C[C@H](O)[C@@H](O)CCCC(=O)OC[C@H](COP(=O)(O)O[C@H]1C(O)C(O)C(O)[C@@H](OP(=O)(O)O)C1O)OC(=O)CCCCCCCCCCCCCCCCC. The lowest BCUT2D eigenvalue weighted by Crippen LogP contribution is -2.64. The first-order valence-electron chi connectivity index (χ1n) is 24.3. The molecule has 0 radical (unpaired) electrons. The van der Waals surface area contributed by atoms with Gasteiger partial charge in [-0.15, -0.1) is 0 Å². The predicted molar refractivity (Wildman–Crippen MR) is 253 cm³/mol. The molecule has 5 unspecified atom stereocenters. The topological polar surface area (TPSA) is 296 Å². The summed E-state index contributed by atoms with van der Waals surface area (Å²) in [7, 11) is -10.8. The van der Waals surface area contributed by atoms with E-state index in [1.54, 1.807) is 6.08 Å². The number of phosphoric ester groups is 2. The van der Waals surface area contributed by atoms with Crippen molar-refractivity contribution in [2.45, 2.75) is 223 Å². The van der Waals surface area contributed by atoms with Crippen molar-refractivity contribution in [3.8, 4) is 0 Å². The lowest BCUT2D eigenvalue weighted by atomic mass is 9.85. The van der Waals surface area contributed by atoms with E-state index in [4.69, 9.17) is 18.5 Å². The number of rotatable bonds is 40. The van der Waals surface area contributed by atoms with Gasteiger partial charge in [-0.3, -0.25) is 23.2 Å². The summed E-state index contributed by atoms with van der Waals surface area (Å²) in [5.74, 6) is -1.49. The Morgan fingerprint density at radius 2 is 1.00 bits per heavy atom. The molecule has 0 aromatic carbocycles. The zero-order valence-electron chi connectivity index (χ0n) is 39.8. The van der Waals surface area contributed by atoms with Crippen LogP contribution in [-0.2, 0) is 41.8 Å². The van der Waals surface area contributed by atoms with Crippen molar-refractivity contribution >= 4 is 27.6 Å². The molecule has 1 fully saturated rings. The van der Waals surface area contributed by atoms with E-state index in [0.29, 0.717) is 12.8 Å². The van der Waals surface area contributed by atoms with E-state index >= 15 is 0 Å². The highest BCUT2D eigenvalue weighted by atomic mass is 31.2. The molecule has 0 spiro atoms. The van der Waals surface area contributed by atoms with Gasteiger partial charge in [0.25, 0.3) is 0 Å². The van der Waals surface area contributed by atoms with Crippen LogP contribution in [0.4, 0.5) is 0 Å². The molecule has 0 bridgehead atoms. The molecule has 0 aromatic rings. The van der Waals surface area contributed by atoms with Crippen LogP contribution in [0.3, 0.4) is 0 Å². The summed E-state index contributed by atoms with van der Waals surface area (Å²) >= 11 is 0. The predicted octanol–water partition coefficient (Wildman–Crippen LogP) is 7.23. The minimum atomic E-state index is -5.40. The van der Waals surface area contributed by atoms with E-state index in [2.05, 4.69) is 42.7 Å². The first-order valence-corrected chi connectivity index (χ1v) is 27.4. The van der Waals surface area contributed by atoms with Crippen LogP contribution < -0.4 is 0 Å². The summed E-state index contributed by atoms with van der Waals surface area (Å²) in [6, 6.07) is 0. The Labute approximate surface area is 398 Å². The Kier molecular flexibility index (Phi) is 35.4. The van der Waals surface area contributed by atoms with Crippen molar-refractivity contribution in [3.05, 3.63) is 48.6 Å². The largest absolute Gasteiger partial charge is 0.472 e. The summed E-state index contributed by atoms with van der Waals surface area (Å²) in [6.07, 6.45) is 19.4. The summed E-state index contributed by atoms with van der Waals surface area (Å²) in [5.41, 5.74) is 0. The van der Waals surface area contributed by atoms with Gasteiger partial charge < -0.3 is 54.8 Å². The van der Waals surface area contributed by atoms with Crippen molar-refractivity contribution in [1.82, 2.24) is 0 Å². The van der Waals surface area contributed by atoms with Crippen LogP contribution in [0.25, 0.3) is 0 Å². The Morgan fingerprint density at radius 3 is 1.51 bits per heavy atom. The third kappa shape index (κ3) is 31.7. The molecular weight excluding hydrogens is 914 g/mol. The van der Waals surface area contributed by atoms with Crippen molar-refractivity contribution in [3.63, 3.8) is 0 Å². The minimum absolute atomic E-state index is 0.0151. The zero-order valence-corrected chi connectivity index (χ0v) is 41.6. The first-order chi connectivity index (χ1) is 31.9. The number of esters is 2. The summed E-state index contributed by atoms with van der Waals surface area (Å²) < 4.78 is 49.2. The molecule has 0 saturated heterocycles. The number of hydrogen-bond acceptors (Lipinski definition) is 15. The molecule has 0 aromatic heterocycles. The van der Waals surface area contributed by atoms with Gasteiger partial charge >= 0.3 is 27.6 Å². The van der Waals surface area contributed by atoms with Crippen LogP contribution in [0.2, 0.25) is 0 Å². The molecule has 1 aliphatic rings. The quantitative estimate of drug-likeness (QED) is 0.0127. The molecule has 67 heavy (non-hydrogen) atoms. The Bertz CT molecular complexity index is 1520. The molecule has 1 saturated carbocycles. The van der Waals surface area contributed by atoms with Gasteiger partial charge in [0.1, 0.15) is 43.2 Å². The van der Waals surface area contributed by atoms with Crippen molar-refractivity contribution < 1.29 is 87.1 Å². The average Bonchev–Trinajstić information content (AvgIpc) is 3.28. The van der Waals surface area contributed by atoms with Gasteiger partial charge in [0.2, 0.25) is 0 Å². The highest BCUT2D eigenvalue weighted by Gasteiger charge is 2.54. The fraction of sp³-hybridized carbons (Fsp3) is 0.787. The molecule has 390 valence electrons. The van der Waals surface area contributed by atoms with E-state index in [-0.39, 0.29) is 32.1 Å². The summed E-state index contributed by atoms with van der Waals surface area (Å²) in [6.45, 7) is 2.75. The van der Waals surface area contributed by atoms with Gasteiger partial charge in [0.15, 0.2) is 6.10 Å². The number of hydrogen-bond donors (Lipinski definition) is 9. The van der Waals surface area contributed by atoms with Crippen LogP contribution in [0.5, 0.6) is 0 Å². The Morgan fingerprint density at radius 1 is 0.537 bits per heavy atom. The Hall–Kier alpha value is -2.12. The van der Waals surface area contributed by atoms with E-state index < -0.39 is 95.7 Å². The second kappa shape index (κ2) is 37.7. The van der Waals surface area contributed by atoms with Crippen LogP contribution >= 0.6 is 15.6 Å². The van der Waals surface area contributed by atoms with Gasteiger partial charge in [0.05, 0.1) is 18.8 Å². The maximum atomic E-state index is 13.0. The van der Waals surface area contributed by atoms with E-state index in [1.807, 2.05) is 18.2 Å². The number of aliphatic hydroxyl groups excluding tert-OH is 6. The van der Waals surface area contributed by atoms with Gasteiger partial charge in [0, 0.05) is 12.8 Å². The van der Waals surface area contributed by atoms with Gasteiger partial charge in [-0.2, -0.15) is 0 Å². The average molecular weight is 999 g/mol. The number of unbranched alkanes of at least 4 members (excludes halogenated alkanes) is 14. The molecule has 10 atom stereocenters. The molecule has 0 aliphatic heterocycles. The zero-order chi connectivity index (χ0) is 49.9. The minimum Gasteiger partial charge on any atom is -0.462 e. The molecule has 9 N–H and O–H groups in total. The van der Waals surface area contributed by atoms with Crippen molar-refractivity contribution in [2.75, 3.05) is 13.2 Å². The van der Waals surface area contributed by atoms with E-state index in [9.17, 15) is 64.0 Å². The Balaban J connectivity index is 2.68. The van der Waals surface area contributed by atoms with Gasteiger partial charge in [-0.05, 0) is 51.4 Å². The number of carbonyl (C=O) groups is 2. The smallest absolute Gasteiger partial charge is 0.462 e. The molecular formula is C47H84O18P2. The normalized spacial score (nSPS) is 22.7. The molecule has 0 amide bonds. The van der Waals surface area contributed by atoms with Crippen LogP contribution in [0, 0.1) is 0 Å². The van der Waals surface area contributed by atoms with Gasteiger partial charge in [-0.25, -0.2) is 9.13 Å². The van der Waals surface area contributed by atoms with Crippen LogP contribution in [0.1, 0.15) is 168 Å². The highest BCUT2D eigenvalue weighted by molar-refractivity contribution is 7.47. The number of carbonyl (C=O) groups excluding carboxylic acids is 2. The number of phosphoric acid groups is 2. The number of ether oxygens (including phenoxy) is 2.